The number of amides is 1. The van der Waals surface area contributed by atoms with Gasteiger partial charge in [0.2, 0.25) is 5.91 Å². The average Bonchev–Trinajstić information content (AvgIpc) is 2.97. The largest absolute Gasteiger partial charge is 0.379 e. The van der Waals surface area contributed by atoms with Crippen LogP contribution in [0.1, 0.15) is 39.3 Å². The van der Waals surface area contributed by atoms with Crippen LogP contribution in [0.2, 0.25) is 0 Å². The maximum absolute atomic E-state index is 11.5. The second-order valence-corrected chi connectivity index (χ2v) is 6.03. The Morgan fingerprint density at radius 1 is 1.21 bits per heavy atom. The lowest BCUT2D eigenvalue weighted by atomic mass is 10.2. The molecule has 0 saturated heterocycles. The summed E-state index contributed by atoms with van der Waals surface area (Å²) < 4.78 is 12.6. The van der Waals surface area contributed by atoms with Crippen LogP contribution in [0.5, 0.6) is 0 Å². The number of carbonyl (C=O) groups is 2. The molecule has 1 heterocycles. The molecule has 0 radical (unpaired) electrons. The number of nitrogens with one attached hydrogen (secondary N) is 1. The minimum absolute atomic E-state index is 0.00528. The summed E-state index contributed by atoms with van der Waals surface area (Å²) in [5.74, 6) is 0.372. The van der Waals surface area contributed by atoms with Crippen molar-refractivity contribution in [2.75, 3.05) is 26.4 Å². The minimum Gasteiger partial charge on any atom is -0.379 e. The highest BCUT2D eigenvalue weighted by atomic mass is 16.5. The molecule has 0 aliphatic carbocycles. The van der Waals surface area contributed by atoms with Gasteiger partial charge in [0.15, 0.2) is 0 Å². The molecule has 8 heteroatoms. The van der Waals surface area contributed by atoms with Crippen LogP contribution < -0.4 is 5.32 Å². The molecule has 136 valence electrons. The molecule has 0 saturated carbocycles. The molecule has 0 fully saturated rings. The van der Waals surface area contributed by atoms with E-state index in [0.717, 1.165) is 6.61 Å². The van der Waals surface area contributed by atoms with Crippen molar-refractivity contribution in [3.63, 3.8) is 0 Å². The van der Waals surface area contributed by atoms with Crippen LogP contribution in [0.3, 0.4) is 0 Å². The van der Waals surface area contributed by atoms with Gasteiger partial charge in [-0.05, 0) is 12.8 Å². The first-order chi connectivity index (χ1) is 11.5. The smallest absolute Gasteiger partial charge is 0.220 e. The highest BCUT2D eigenvalue weighted by molar-refractivity contribution is 5.83. The number of rotatable bonds is 13. The van der Waals surface area contributed by atoms with E-state index in [0.29, 0.717) is 44.5 Å². The molecule has 1 amide bonds. The second kappa shape index (κ2) is 11.7. The summed E-state index contributed by atoms with van der Waals surface area (Å²) in [6, 6.07) is 0. The van der Waals surface area contributed by atoms with Crippen molar-refractivity contribution in [2.24, 2.45) is 5.92 Å². The van der Waals surface area contributed by atoms with Crippen molar-refractivity contribution < 1.29 is 19.1 Å². The van der Waals surface area contributed by atoms with Crippen LogP contribution in [0.4, 0.5) is 0 Å². The van der Waals surface area contributed by atoms with Gasteiger partial charge >= 0.3 is 0 Å². The van der Waals surface area contributed by atoms with Crippen molar-refractivity contribution in [1.82, 2.24) is 20.3 Å². The standard InChI is InChI=1S/C16H28N4O4/c1-13(2)12-24-9-8-23-7-6-20-11-15(18-19-20)10-17-16(22)5-4-14(3)21/h11,13H,4-10,12H2,1-3H3,(H,17,22). The van der Waals surface area contributed by atoms with Crippen molar-refractivity contribution in [2.45, 2.75) is 46.7 Å². The Labute approximate surface area is 142 Å². The van der Waals surface area contributed by atoms with E-state index in [2.05, 4.69) is 29.5 Å². The number of ether oxygens (including phenoxy) is 2. The number of ketones is 1. The van der Waals surface area contributed by atoms with Gasteiger partial charge in [0, 0.05) is 19.4 Å². The van der Waals surface area contributed by atoms with Crippen molar-refractivity contribution >= 4 is 11.7 Å². The van der Waals surface area contributed by atoms with Gasteiger partial charge in [-0.15, -0.1) is 5.10 Å². The van der Waals surface area contributed by atoms with E-state index in [9.17, 15) is 9.59 Å². The fourth-order valence-corrected chi connectivity index (χ4v) is 1.79. The highest BCUT2D eigenvalue weighted by Gasteiger charge is 2.06. The van der Waals surface area contributed by atoms with Gasteiger partial charge < -0.3 is 19.6 Å². The summed E-state index contributed by atoms with van der Waals surface area (Å²) in [5.41, 5.74) is 0.673. The molecule has 1 rings (SSSR count). The SMILES string of the molecule is CC(=O)CCC(=O)NCc1cn(CCOCCOCC(C)C)nn1. The summed E-state index contributed by atoms with van der Waals surface area (Å²) in [4.78, 5) is 22.3. The summed E-state index contributed by atoms with van der Waals surface area (Å²) in [6.45, 7) is 9.00. The van der Waals surface area contributed by atoms with Crippen LogP contribution in [0.25, 0.3) is 0 Å². The zero-order valence-electron chi connectivity index (χ0n) is 14.8. The minimum atomic E-state index is -0.163. The third-order valence-electron chi connectivity index (χ3n) is 3.04. The molecular formula is C16H28N4O4. The Balaban J connectivity index is 2.10. The molecule has 0 spiro atoms. The van der Waals surface area contributed by atoms with E-state index >= 15 is 0 Å². The molecule has 1 aromatic rings. The second-order valence-electron chi connectivity index (χ2n) is 6.03. The van der Waals surface area contributed by atoms with Crippen LogP contribution >= 0.6 is 0 Å². The lowest BCUT2D eigenvalue weighted by Crippen LogP contribution is -2.23. The highest BCUT2D eigenvalue weighted by Crippen LogP contribution is 1.96. The molecule has 0 aliphatic rings. The zero-order valence-corrected chi connectivity index (χ0v) is 14.8. The lowest BCUT2D eigenvalue weighted by molar-refractivity contribution is -0.124. The molecule has 1 N–H and O–H groups in total. The van der Waals surface area contributed by atoms with Crippen molar-refractivity contribution in [3.05, 3.63) is 11.9 Å². The molecule has 0 bridgehead atoms. The summed E-state index contributed by atoms with van der Waals surface area (Å²) in [6.07, 6.45) is 2.23. The Morgan fingerprint density at radius 2 is 1.96 bits per heavy atom. The molecule has 0 aliphatic heterocycles. The van der Waals surface area contributed by atoms with E-state index in [1.54, 1.807) is 10.9 Å². The number of nitrogens with zero attached hydrogens (tertiary/aromatic N) is 3. The fourth-order valence-electron chi connectivity index (χ4n) is 1.79. The first kappa shape index (κ1) is 20.2. The molecule has 0 atom stereocenters. The Kier molecular flexibility index (Phi) is 9.86. The van der Waals surface area contributed by atoms with E-state index in [1.165, 1.54) is 6.92 Å². The number of hydrogen-bond donors (Lipinski definition) is 1. The van der Waals surface area contributed by atoms with Crippen molar-refractivity contribution in [3.8, 4) is 0 Å². The predicted molar refractivity (Wildman–Crippen MR) is 88.3 cm³/mol. The zero-order chi connectivity index (χ0) is 17.8. The summed E-state index contributed by atoms with van der Waals surface area (Å²) >= 11 is 0. The number of Topliss-reactive ketones (excluding diaryl/α,β-unsaturated/α-hetero) is 1. The van der Waals surface area contributed by atoms with Gasteiger partial charge in [-0.3, -0.25) is 4.79 Å². The normalized spacial score (nSPS) is 11.0. The average molecular weight is 340 g/mol. The van der Waals surface area contributed by atoms with Crippen LogP contribution in [0, 0.1) is 5.92 Å². The Morgan fingerprint density at radius 3 is 2.67 bits per heavy atom. The van der Waals surface area contributed by atoms with Crippen LogP contribution in [-0.4, -0.2) is 53.1 Å². The van der Waals surface area contributed by atoms with Crippen LogP contribution in [-0.2, 0) is 32.2 Å². The molecule has 8 nitrogen and oxygen atoms in total. The predicted octanol–water partition coefficient (Wildman–Crippen LogP) is 0.953. The first-order valence-corrected chi connectivity index (χ1v) is 8.28. The molecule has 1 aromatic heterocycles. The Hall–Kier alpha value is -1.80. The van der Waals surface area contributed by atoms with E-state index in [1.807, 2.05) is 0 Å². The number of aromatic nitrogens is 3. The van der Waals surface area contributed by atoms with Gasteiger partial charge in [-0.2, -0.15) is 0 Å². The molecular weight excluding hydrogens is 312 g/mol. The summed E-state index contributed by atoms with van der Waals surface area (Å²) in [5, 5.41) is 10.7. The fraction of sp³-hybridized carbons (Fsp3) is 0.750. The van der Waals surface area contributed by atoms with Crippen molar-refractivity contribution in [1.29, 1.82) is 0 Å². The van der Waals surface area contributed by atoms with Gasteiger partial charge in [0.05, 0.1) is 39.1 Å². The quantitative estimate of drug-likeness (QED) is 0.537. The molecule has 0 aromatic carbocycles. The van der Waals surface area contributed by atoms with E-state index in [4.69, 9.17) is 9.47 Å². The number of carbonyl (C=O) groups excluding carboxylic acids is 2. The maximum Gasteiger partial charge on any atom is 0.220 e. The monoisotopic (exact) mass is 340 g/mol. The van der Waals surface area contributed by atoms with Gasteiger partial charge in [-0.25, -0.2) is 4.68 Å². The molecule has 24 heavy (non-hydrogen) atoms. The van der Waals surface area contributed by atoms with Crippen LogP contribution in [0.15, 0.2) is 6.20 Å². The van der Waals surface area contributed by atoms with Gasteiger partial charge in [-0.1, -0.05) is 19.1 Å². The molecule has 0 unspecified atom stereocenters. The third kappa shape index (κ3) is 10.1. The summed E-state index contributed by atoms with van der Waals surface area (Å²) in [7, 11) is 0. The van der Waals surface area contributed by atoms with Gasteiger partial charge in [0.25, 0.3) is 0 Å². The third-order valence-corrected chi connectivity index (χ3v) is 3.04. The van der Waals surface area contributed by atoms with E-state index < -0.39 is 0 Å². The number of hydrogen-bond acceptors (Lipinski definition) is 6. The maximum atomic E-state index is 11.5. The first-order valence-electron chi connectivity index (χ1n) is 8.28. The lowest BCUT2D eigenvalue weighted by Gasteiger charge is -2.07. The topological polar surface area (TPSA) is 95.3 Å². The van der Waals surface area contributed by atoms with E-state index in [-0.39, 0.29) is 24.5 Å². The Bertz CT molecular complexity index is 502. The van der Waals surface area contributed by atoms with Gasteiger partial charge in [0.1, 0.15) is 11.5 Å².